The van der Waals surface area contributed by atoms with Gasteiger partial charge in [-0.25, -0.2) is 12.7 Å². The van der Waals surface area contributed by atoms with Gasteiger partial charge in [-0.15, -0.1) is 0 Å². The van der Waals surface area contributed by atoms with Crippen molar-refractivity contribution in [1.29, 1.82) is 0 Å². The molecular formula is C14H21Cl2N3O3S. The maximum atomic E-state index is 12.0. The summed E-state index contributed by atoms with van der Waals surface area (Å²) in [5.74, 6) is -0.326. The molecule has 0 spiro atoms. The van der Waals surface area contributed by atoms with Crippen molar-refractivity contribution in [2.24, 2.45) is 0 Å². The largest absolute Gasteiger partial charge is 0.325 e. The van der Waals surface area contributed by atoms with Crippen LogP contribution < -0.4 is 5.32 Å². The van der Waals surface area contributed by atoms with E-state index in [0.717, 1.165) is 6.26 Å². The quantitative estimate of drug-likeness (QED) is 0.748. The second-order valence-corrected chi connectivity index (χ2v) is 8.13. The molecule has 1 N–H and O–H groups in total. The van der Waals surface area contributed by atoms with Crippen molar-refractivity contribution in [2.45, 2.75) is 6.42 Å². The molecule has 23 heavy (non-hydrogen) atoms. The van der Waals surface area contributed by atoms with E-state index in [1.165, 1.54) is 4.31 Å². The minimum Gasteiger partial charge on any atom is -0.325 e. The highest BCUT2D eigenvalue weighted by Crippen LogP contribution is 2.29. The van der Waals surface area contributed by atoms with Crippen LogP contribution >= 0.6 is 23.2 Å². The Balaban J connectivity index is 2.63. The molecule has 0 fully saturated rings. The summed E-state index contributed by atoms with van der Waals surface area (Å²) in [7, 11) is 0.346. The zero-order valence-electron chi connectivity index (χ0n) is 13.3. The maximum absolute atomic E-state index is 12.0. The first-order valence-corrected chi connectivity index (χ1v) is 9.55. The van der Waals surface area contributed by atoms with E-state index in [0.29, 0.717) is 23.8 Å². The SMILES string of the molecule is CN(C)CCN(CCC(=O)Nc1cccc(Cl)c1Cl)S(C)(=O)=O. The predicted octanol–water partition coefficient (Wildman–Crippen LogP) is 2.15. The second kappa shape index (κ2) is 8.84. The van der Waals surface area contributed by atoms with Crippen molar-refractivity contribution in [3.05, 3.63) is 28.2 Å². The molecule has 0 bridgehead atoms. The van der Waals surface area contributed by atoms with Gasteiger partial charge >= 0.3 is 0 Å². The van der Waals surface area contributed by atoms with E-state index in [1.807, 2.05) is 19.0 Å². The van der Waals surface area contributed by atoms with Crippen LogP contribution in [0, 0.1) is 0 Å². The summed E-state index contributed by atoms with van der Waals surface area (Å²) in [4.78, 5) is 13.9. The van der Waals surface area contributed by atoms with Crippen LogP contribution in [-0.4, -0.2) is 63.5 Å². The normalized spacial score (nSPS) is 12.0. The fourth-order valence-electron chi connectivity index (χ4n) is 1.79. The first kappa shape index (κ1) is 20.2. The average molecular weight is 382 g/mol. The van der Waals surface area contributed by atoms with Crippen molar-refractivity contribution in [3.8, 4) is 0 Å². The molecule has 0 aliphatic rings. The van der Waals surface area contributed by atoms with Gasteiger partial charge in [0.1, 0.15) is 0 Å². The number of halogens is 2. The highest BCUT2D eigenvalue weighted by molar-refractivity contribution is 7.88. The Morgan fingerprint density at radius 3 is 2.39 bits per heavy atom. The number of rotatable bonds is 8. The fraction of sp³-hybridized carbons (Fsp3) is 0.500. The molecule has 0 radical (unpaired) electrons. The number of nitrogens with one attached hydrogen (secondary N) is 1. The lowest BCUT2D eigenvalue weighted by Gasteiger charge is -2.21. The predicted molar refractivity (Wildman–Crippen MR) is 94.7 cm³/mol. The molecule has 1 aromatic rings. The number of anilines is 1. The van der Waals surface area contributed by atoms with Crippen molar-refractivity contribution in [2.75, 3.05) is 45.3 Å². The van der Waals surface area contributed by atoms with Gasteiger partial charge in [0.15, 0.2) is 0 Å². The first-order valence-electron chi connectivity index (χ1n) is 6.95. The molecule has 6 nitrogen and oxygen atoms in total. The van der Waals surface area contributed by atoms with E-state index in [4.69, 9.17) is 23.2 Å². The molecule has 0 aliphatic heterocycles. The summed E-state index contributed by atoms with van der Waals surface area (Å²) in [5.41, 5.74) is 0.406. The van der Waals surface area contributed by atoms with Gasteiger partial charge in [0.05, 0.1) is 22.0 Å². The molecule has 1 amide bonds. The lowest BCUT2D eigenvalue weighted by Crippen LogP contribution is -2.37. The van der Waals surface area contributed by atoms with E-state index in [9.17, 15) is 13.2 Å². The van der Waals surface area contributed by atoms with Crippen molar-refractivity contribution in [3.63, 3.8) is 0 Å². The molecule has 0 aliphatic carbocycles. The Morgan fingerprint density at radius 1 is 1.17 bits per heavy atom. The summed E-state index contributed by atoms with van der Waals surface area (Å²) < 4.78 is 24.8. The van der Waals surface area contributed by atoms with E-state index in [-0.39, 0.29) is 23.9 Å². The molecule has 0 saturated heterocycles. The Bertz CT molecular complexity index is 651. The monoisotopic (exact) mass is 381 g/mol. The lowest BCUT2D eigenvalue weighted by atomic mass is 10.3. The van der Waals surface area contributed by atoms with Crippen LogP contribution in [-0.2, 0) is 14.8 Å². The number of carbonyl (C=O) groups is 1. The Morgan fingerprint density at radius 2 is 1.83 bits per heavy atom. The van der Waals surface area contributed by atoms with E-state index < -0.39 is 10.0 Å². The molecule has 0 unspecified atom stereocenters. The van der Waals surface area contributed by atoms with Crippen LogP contribution in [0.3, 0.4) is 0 Å². The molecular weight excluding hydrogens is 361 g/mol. The molecule has 0 atom stereocenters. The smallest absolute Gasteiger partial charge is 0.225 e. The number of hydrogen-bond acceptors (Lipinski definition) is 4. The Hall–Kier alpha value is -0.860. The van der Waals surface area contributed by atoms with Gasteiger partial charge in [-0.1, -0.05) is 29.3 Å². The van der Waals surface area contributed by atoms with Crippen molar-refractivity contribution < 1.29 is 13.2 Å². The van der Waals surface area contributed by atoms with Gasteiger partial charge in [0.2, 0.25) is 15.9 Å². The number of hydrogen-bond donors (Lipinski definition) is 1. The summed E-state index contributed by atoms with van der Waals surface area (Å²) in [6.45, 7) is 1.02. The molecule has 0 saturated carbocycles. The second-order valence-electron chi connectivity index (χ2n) is 5.36. The zero-order chi connectivity index (χ0) is 17.6. The summed E-state index contributed by atoms with van der Waals surface area (Å²) in [6.07, 6.45) is 1.16. The van der Waals surface area contributed by atoms with Crippen molar-refractivity contribution >= 4 is 44.8 Å². The molecule has 9 heteroatoms. The number of carbonyl (C=O) groups excluding carboxylic acids is 1. The van der Waals surface area contributed by atoms with Gasteiger partial charge in [0.25, 0.3) is 0 Å². The molecule has 0 heterocycles. The van der Waals surface area contributed by atoms with Gasteiger partial charge in [0, 0.05) is 26.1 Å². The third kappa shape index (κ3) is 7.05. The van der Waals surface area contributed by atoms with Gasteiger partial charge in [-0.2, -0.15) is 0 Å². The Labute approximate surface area is 147 Å². The fourth-order valence-corrected chi connectivity index (χ4v) is 2.98. The third-order valence-corrected chi connectivity index (χ3v) is 5.20. The molecule has 130 valence electrons. The van der Waals surface area contributed by atoms with Crippen LogP contribution in [0.2, 0.25) is 10.0 Å². The standard InChI is InChI=1S/C14H21Cl2N3O3S/c1-18(2)9-10-19(23(3,21)22)8-7-13(20)17-12-6-4-5-11(15)14(12)16/h4-6H,7-10H2,1-3H3,(H,17,20). The van der Waals surface area contributed by atoms with Gasteiger partial charge in [-0.05, 0) is 26.2 Å². The van der Waals surface area contributed by atoms with Gasteiger partial charge < -0.3 is 10.2 Å². The van der Waals surface area contributed by atoms with E-state index in [1.54, 1.807) is 18.2 Å². The maximum Gasteiger partial charge on any atom is 0.225 e. The molecule has 1 aromatic carbocycles. The van der Waals surface area contributed by atoms with Crippen LogP contribution in [0.1, 0.15) is 6.42 Å². The highest BCUT2D eigenvalue weighted by atomic mass is 35.5. The van der Waals surface area contributed by atoms with Crippen LogP contribution in [0.4, 0.5) is 5.69 Å². The summed E-state index contributed by atoms with van der Waals surface area (Å²) >= 11 is 11.9. The van der Waals surface area contributed by atoms with Crippen molar-refractivity contribution in [1.82, 2.24) is 9.21 Å². The lowest BCUT2D eigenvalue weighted by molar-refractivity contribution is -0.116. The van der Waals surface area contributed by atoms with Crippen LogP contribution in [0.15, 0.2) is 18.2 Å². The number of amides is 1. The van der Waals surface area contributed by atoms with Crippen LogP contribution in [0.5, 0.6) is 0 Å². The topological polar surface area (TPSA) is 69.7 Å². The zero-order valence-corrected chi connectivity index (χ0v) is 15.7. The van der Waals surface area contributed by atoms with E-state index >= 15 is 0 Å². The first-order chi connectivity index (χ1) is 10.6. The number of nitrogens with zero attached hydrogens (tertiary/aromatic N) is 2. The minimum atomic E-state index is -3.36. The van der Waals surface area contributed by atoms with Gasteiger partial charge in [-0.3, -0.25) is 4.79 Å². The number of sulfonamides is 1. The molecule has 0 aromatic heterocycles. The summed E-state index contributed by atoms with van der Waals surface area (Å²) in [5, 5.41) is 3.24. The summed E-state index contributed by atoms with van der Waals surface area (Å²) in [6, 6.07) is 4.92. The third-order valence-electron chi connectivity index (χ3n) is 3.08. The molecule has 1 rings (SSSR count). The van der Waals surface area contributed by atoms with Crippen LogP contribution in [0.25, 0.3) is 0 Å². The average Bonchev–Trinajstić information content (AvgIpc) is 2.42. The highest BCUT2D eigenvalue weighted by Gasteiger charge is 2.18. The number of benzene rings is 1. The minimum absolute atomic E-state index is 0.0311. The number of likely N-dealkylation sites (N-methyl/N-ethyl adjacent to an activating group) is 1. The van der Waals surface area contributed by atoms with E-state index in [2.05, 4.69) is 5.32 Å². The Kier molecular flexibility index (Phi) is 7.76.